The van der Waals surface area contributed by atoms with Crippen LogP contribution in [0.15, 0.2) is 30.3 Å². The van der Waals surface area contributed by atoms with Crippen molar-refractivity contribution in [1.82, 2.24) is 30.4 Å². The van der Waals surface area contributed by atoms with Crippen LogP contribution in [0.2, 0.25) is 0 Å². The topological polar surface area (TPSA) is 110 Å². The van der Waals surface area contributed by atoms with Crippen LogP contribution in [0.4, 0.5) is 4.39 Å². The number of aromatic amines is 2. The standard InChI is InChI=1S/C27H29FN6O2/c1-3-15-10-24(35)19(28)11-18(15)16-6-7-17-20(9-16)32-33-25(17)26-30-21-12-22(29-13-23(21)31-26)27(36)34-8-4-5-14(34)2/h6-7,9-11,14,22,29,35H,3-5,8,12-13H2,1-2H3,(H,30,31)(H,32,33)/t14-,22?/m1/s1. The first-order valence-electron chi connectivity index (χ1n) is 12.5. The second-order valence-electron chi connectivity index (χ2n) is 9.82. The number of rotatable bonds is 4. The van der Waals surface area contributed by atoms with E-state index < -0.39 is 5.82 Å². The molecule has 4 aromatic rings. The number of nitrogens with zero attached hydrogens (tertiary/aromatic N) is 3. The smallest absolute Gasteiger partial charge is 0.240 e. The van der Waals surface area contributed by atoms with Crippen LogP contribution in [0.25, 0.3) is 33.5 Å². The summed E-state index contributed by atoms with van der Waals surface area (Å²) in [5, 5.41) is 21.6. The number of aryl methyl sites for hydroxylation is 1. The van der Waals surface area contributed by atoms with E-state index in [1.807, 2.05) is 30.0 Å². The van der Waals surface area contributed by atoms with E-state index in [9.17, 15) is 14.3 Å². The molecule has 4 N–H and O–H groups in total. The number of imidazole rings is 1. The number of aromatic hydroxyl groups is 1. The molecule has 2 aliphatic rings. The van der Waals surface area contributed by atoms with Crippen molar-refractivity contribution in [2.45, 2.75) is 58.2 Å². The van der Waals surface area contributed by atoms with Gasteiger partial charge in [0.25, 0.3) is 0 Å². The number of phenols is 1. The van der Waals surface area contributed by atoms with E-state index in [1.165, 1.54) is 12.1 Å². The first kappa shape index (κ1) is 22.7. The third-order valence-corrected chi connectivity index (χ3v) is 7.57. The van der Waals surface area contributed by atoms with Crippen LogP contribution in [0, 0.1) is 5.82 Å². The minimum absolute atomic E-state index is 0.157. The third-order valence-electron chi connectivity index (χ3n) is 7.57. The molecule has 1 fully saturated rings. The van der Waals surface area contributed by atoms with Crippen molar-refractivity contribution in [3.8, 4) is 28.4 Å². The van der Waals surface area contributed by atoms with Crippen LogP contribution in [-0.4, -0.2) is 54.7 Å². The maximum absolute atomic E-state index is 14.1. The summed E-state index contributed by atoms with van der Waals surface area (Å²) < 4.78 is 14.1. The molecule has 9 heteroatoms. The van der Waals surface area contributed by atoms with E-state index in [-0.39, 0.29) is 17.7 Å². The molecule has 6 rings (SSSR count). The molecule has 0 aliphatic carbocycles. The van der Waals surface area contributed by atoms with Gasteiger partial charge in [-0.2, -0.15) is 5.10 Å². The minimum Gasteiger partial charge on any atom is -0.505 e. The maximum atomic E-state index is 14.1. The molecule has 36 heavy (non-hydrogen) atoms. The van der Waals surface area contributed by atoms with Gasteiger partial charge in [0.05, 0.1) is 22.9 Å². The summed E-state index contributed by atoms with van der Waals surface area (Å²) in [6, 6.07) is 8.72. The molecule has 0 spiro atoms. The number of hydrogen-bond donors (Lipinski definition) is 4. The Balaban J connectivity index is 1.29. The predicted molar refractivity (Wildman–Crippen MR) is 135 cm³/mol. The highest BCUT2D eigenvalue weighted by Crippen LogP contribution is 2.34. The molecule has 2 aliphatic heterocycles. The fourth-order valence-electron chi connectivity index (χ4n) is 5.53. The lowest BCUT2D eigenvalue weighted by atomic mass is 9.96. The number of phenolic OH excluding ortho intramolecular Hbond substituents is 1. The highest BCUT2D eigenvalue weighted by atomic mass is 19.1. The lowest BCUT2D eigenvalue weighted by molar-refractivity contribution is -0.134. The van der Waals surface area contributed by atoms with Gasteiger partial charge in [0.2, 0.25) is 5.91 Å². The molecule has 1 unspecified atom stereocenters. The molecule has 8 nitrogen and oxygen atoms in total. The Morgan fingerprint density at radius 2 is 2.14 bits per heavy atom. The Morgan fingerprint density at radius 1 is 1.28 bits per heavy atom. The monoisotopic (exact) mass is 488 g/mol. The zero-order valence-electron chi connectivity index (χ0n) is 20.4. The molecular weight excluding hydrogens is 459 g/mol. The van der Waals surface area contributed by atoms with E-state index in [0.717, 1.165) is 58.4 Å². The normalized spacial score (nSPS) is 19.7. The van der Waals surface area contributed by atoms with E-state index in [0.29, 0.717) is 36.9 Å². The number of amides is 1. The number of H-pyrrole nitrogens is 2. The summed E-state index contributed by atoms with van der Waals surface area (Å²) >= 11 is 0. The molecule has 4 heterocycles. The van der Waals surface area contributed by atoms with E-state index in [1.54, 1.807) is 0 Å². The maximum Gasteiger partial charge on any atom is 0.240 e. The van der Waals surface area contributed by atoms with Gasteiger partial charge < -0.3 is 15.0 Å². The molecule has 2 atom stereocenters. The second kappa shape index (κ2) is 8.74. The van der Waals surface area contributed by atoms with Crippen molar-refractivity contribution >= 4 is 16.8 Å². The van der Waals surface area contributed by atoms with Crippen molar-refractivity contribution in [3.05, 3.63) is 53.1 Å². The molecule has 0 saturated carbocycles. The first-order chi connectivity index (χ1) is 17.4. The van der Waals surface area contributed by atoms with Gasteiger partial charge in [-0.05, 0) is 67.1 Å². The second-order valence-corrected chi connectivity index (χ2v) is 9.82. The summed E-state index contributed by atoms with van der Waals surface area (Å²) in [6.45, 7) is 5.47. The number of fused-ring (bicyclic) bond motifs is 2. The Kier molecular flexibility index (Phi) is 5.52. The number of carbonyl (C=O) groups excluding carboxylic acids is 1. The highest BCUT2D eigenvalue weighted by Gasteiger charge is 2.34. The van der Waals surface area contributed by atoms with Crippen LogP contribution in [0.3, 0.4) is 0 Å². The summed E-state index contributed by atoms with van der Waals surface area (Å²) in [6.07, 6.45) is 3.34. The predicted octanol–water partition coefficient (Wildman–Crippen LogP) is 4.05. The fraction of sp³-hybridized carbons (Fsp3) is 0.370. The summed E-state index contributed by atoms with van der Waals surface area (Å²) in [5.74, 6) is -0.160. The average Bonchev–Trinajstić information content (AvgIpc) is 3.61. The zero-order valence-corrected chi connectivity index (χ0v) is 20.4. The fourth-order valence-corrected chi connectivity index (χ4v) is 5.53. The zero-order chi connectivity index (χ0) is 25.0. The van der Waals surface area contributed by atoms with Crippen molar-refractivity contribution in [1.29, 1.82) is 0 Å². The average molecular weight is 489 g/mol. The Bertz CT molecular complexity index is 1470. The third kappa shape index (κ3) is 3.74. The molecule has 186 valence electrons. The van der Waals surface area contributed by atoms with Crippen LogP contribution < -0.4 is 5.32 Å². The van der Waals surface area contributed by atoms with Crippen molar-refractivity contribution < 1.29 is 14.3 Å². The molecule has 1 amide bonds. The highest BCUT2D eigenvalue weighted by molar-refractivity contribution is 5.94. The van der Waals surface area contributed by atoms with E-state index in [2.05, 4.69) is 27.4 Å². The van der Waals surface area contributed by atoms with Crippen molar-refractivity contribution in [3.63, 3.8) is 0 Å². The van der Waals surface area contributed by atoms with Crippen LogP contribution in [0.1, 0.15) is 43.6 Å². The van der Waals surface area contributed by atoms with Crippen LogP contribution in [-0.2, 0) is 24.2 Å². The van der Waals surface area contributed by atoms with Gasteiger partial charge in [0.1, 0.15) is 5.69 Å². The SMILES string of the molecule is CCc1cc(O)c(F)cc1-c1ccc2c(-c3nc4c([nH]3)CNC(C(=O)N3CCC[C@H]3C)C4)n[nH]c2c1. The van der Waals surface area contributed by atoms with Crippen molar-refractivity contribution in [2.75, 3.05) is 6.54 Å². The summed E-state index contributed by atoms with van der Waals surface area (Å²) in [4.78, 5) is 23.2. The first-order valence-corrected chi connectivity index (χ1v) is 12.5. The van der Waals surface area contributed by atoms with Crippen LogP contribution >= 0.6 is 0 Å². The van der Waals surface area contributed by atoms with Gasteiger partial charge in [0.15, 0.2) is 17.4 Å². The molecule has 2 aromatic heterocycles. The number of aromatic nitrogens is 4. The molecule has 0 bridgehead atoms. The quantitative estimate of drug-likeness (QED) is 0.346. The van der Waals surface area contributed by atoms with Gasteiger partial charge in [-0.15, -0.1) is 0 Å². The van der Waals surface area contributed by atoms with E-state index in [4.69, 9.17) is 4.98 Å². The number of halogens is 1. The summed E-state index contributed by atoms with van der Waals surface area (Å²) in [5.41, 5.74) is 5.84. The Morgan fingerprint density at radius 3 is 2.92 bits per heavy atom. The van der Waals surface area contributed by atoms with Gasteiger partial charge in [-0.25, -0.2) is 9.37 Å². The molecule has 2 aromatic carbocycles. The number of carbonyl (C=O) groups is 1. The molecule has 1 saturated heterocycles. The number of benzene rings is 2. The van der Waals surface area contributed by atoms with Gasteiger partial charge in [0, 0.05) is 30.9 Å². The number of hydrogen-bond acceptors (Lipinski definition) is 5. The van der Waals surface area contributed by atoms with Gasteiger partial charge >= 0.3 is 0 Å². The van der Waals surface area contributed by atoms with Gasteiger partial charge in [-0.3, -0.25) is 15.2 Å². The largest absolute Gasteiger partial charge is 0.505 e. The van der Waals surface area contributed by atoms with E-state index >= 15 is 0 Å². The van der Waals surface area contributed by atoms with Crippen molar-refractivity contribution in [2.24, 2.45) is 0 Å². The van der Waals surface area contributed by atoms with Crippen LogP contribution in [0.5, 0.6) is 5.75 Å². The Labute approximate surface area is 207 Å². The summed E-state index contributed by atoms with van der Waals surface area (Å²) in [7, 11) is 0. The molecule has 0 radical (unpaired) electrons. The lowest BCUT2D eigenvalue weighted by Crippen LogP contribution is -2.50. The number of nitrogens with one attached hydrogen (secondary N) is 3. The Hall–Kier alpha value is -3.72. The minimum atomic E-state index is -0.640. The van der Waals surface area contributed by atoms with Gasteiger partial charge in [-0.1, -0.05) is 13.0 Å². The molecular formula is C27H29FN6O2. The number of likely N-dealkylation sites (tertiary alicyclic amines) is 1. The lowest BCUT2D eigenvalue weighted by Gasteiger charge is -2.29.